The number of nitrogens with one attached hydrogen (secondary N) is 2. The lowest BCUT2D eigenvalue weighted by molar-refractivity contribution is -0.114. The molecule has 0 radical (unpaired) electrons. The molecule has 1 amide bonds. The van der Waals surface area contributed by atoms with Gasteiger partial charge in [0.1, 0.15) is 11.8 Å². The lowest BCUT2D eigenvalue weighted by Gasteiger charge is -2.29. The zero-order valence-electron chi connectivity index (χ0n) is 21.8. The van der Waals surface area contributed by atoms with Crippen molar-refractivity contribution in [1.82, 2.24) is 14.9 Å². The van der Waals surface area contributed by atoms with Crippen molar-refractivity contribution >= 4 is 40.3 Å². The Morgan fingerprint density at radius 3 is 2.47 bits per heavy atom. The first-order valence-electron chi connectivity index (χ1n) is 12.3. The van der Waals surface area contributed by atoms with Crippen molar-refractivity contribution < 1.29 is 9.53 Å². The number of thiocarbonyl (C=S) groups is 1. The van der Waals surface area contributed by atoms with Crippen LogP contribution in [0.3, 0.4) is 0 Å². The van der Waals surface area contributed by atoms with E-state index in [1.807, 2.05) is 56.6 Å². The third kappa shape index (κ3) is 4.80. The Bertz CT molecular complexity index is 1450. The zero-order chi connectivity index (χ0) is 26.8. The van der Waals surface area contributed by atoms with E-state index in [9.17, 15) is 4.79 Å². The third-order valence-electron chi connectivity index (χ3n) is 6.60. The minimum atomic E-state index is -0.223. The molecule has 9 heteroatoms. The molecular weight excluding hydrogens is 496 g/mol. The molecule has 5 rings (SSSR count). The Balaban J connectivity index is 1.64. The fourth-order valence-corrected chi connectivity index (χ4v) is 5.19. The number of amides is 1. The molecule has 3 heterocycles. The molecule has 0 spiro atoms. The minimum Gasteiger partial charge on any atom is -0.495 e. The molecule has 2 atom stereocenters. The molecule has 2 aromatic carbocycles. The molecule has 2 N–H and O–H groups in total. The largest absolute Gasteiger partial charge is 0.495 e. The predicted octanol–water partition coefficient (Wildman–Crippen LogP) is 5.08. The normalized spacial score (nSPS) is 16.7. The van der Waals surface area contributed by atoms with Gasteiger partial charge < -0.3 is 29.7 Å². The second-order valence-corrected chi connectivity index (χ2v) is 9.66. The van der Waals surface area contributed by atoms with Gasteiger partial charge in [0.25, 0.3) is 0 Å². The van der Waals surface area contributed by atoms with Gasteiger partial charge in [-0.05, 0) is 78.9 Å². The van der Waals surface area contributed by atoms with E-state index in [1.54, 1.807) is 13.3 Å². The van der Waals surface area contributed by atoms with Crippen LogP contribution in [-0.2, 0) is 4.79 Å². The van der Waals surface area contributed by atoms with Crippen LogP contribution in [0.4, 0.5) is 17.1 Å². The van der Waals surface area contributed by atoms with Crippen LogP contribution in [0.25, 0.3) is 5.69 Å². The summed E-state index contributed by atoms with van der Waals surface area (Å²) in [6.07, 6.45) is 3.85. The molecule has 0 aliphatic carbocycles. The van der Waals surface area contributed by atoms with E-state index in [0.29, 0.717) is 16.5 Å². The molecular formula is C29H30N6O2S. The average Bonchev–Trinajstić information content (AvgIpc) is 3.53. The highest BCUT2D eigenvalue weighted by Crippen LogP contribution is 2.43. The topological polar surface area (TPSA) is 74.7 Å². The molecule has 1 saturated heterocycles. The number of aromatic nitrogens is 2. The van der Waals surface area contributed by atoms with E-state index >= 15 is 0 Å². The van der Waals surface area contributed by atoms with E-state index in [2.05, 4.69) is 66.5 Å². The van der Waals surface area contributed by atoms with Gasteiger partial charge in [0.15, 0.2) is 5.11 Å². The van der Waals surface area contributed by atoms with Crippen LogP contribution in [0.15, 0.2) is 85.2 Å². The number of rotatable bonds is 7. The molecule has 1 aliphatic heterocycles. The molecule has 194 valence electrons. The molecule has 4 aromatic rings. The van der Waals surface area contributed by atoms with E-state index in [0.717, 1.165) is 28.5 Å². The van der Waals surface area contributed by atoms with Gasteiger partial charge in [0, 0.05) is 56.2 Å². The summed E-state index contributed by atoms with van der Waals surface area (Å²) in [5.74, 6) is 0.393. The molecule has 38 heavy (non-hydrogen) atoms. The zero-order valence-corrected chi connectivity index (χ0v) is 22.6. The first kappa shape index (κ1) is 25.3. The SMILES string of the molecule is COc1ccc(N2C(=S)N[C@H](c3ccccn3)[C@@H]2c2cccn2-c2ccc(N(C)C)cc2)cc1NC(C)=O. The minimum absolute atomic E-state index is 0.180. The van der Waals surface area contributed by atoms with Gasteiger partial charge in [-0.15, -0.1) is 0 Å². The fourth-order valence-electron chi connectivity index (χ4n) is 4.85. The highest BCUT2D eigenvalue weighted by molar-refractivity contribution is 7.80. The van der Waals surface area contributed by atoms with Gasteiger partial charge >= 0.3 is 0 Å². The summed E-state index contributed by atoms with van der Waals surface area (Å²) in [7, 11) is 5.64. The molecule has 1 fully saturated rings. The predicted molar refractivity (Wildman–Crippen MR) is 155 cm³/mol. The number of hydrogen-bond acceptors (Lipinski definition) is 5. The monoisotopic (exact) mass is 526 g/mol. The summed E-state index contributed by atoms with van der Waals surface area (Å²) in [6, 6.07) is 23.7. The highest BCUT2D eigenvalue weighted by atomic mass is 32.1. The van der Waals surface area contributed by atoms with Gasteiger partial charge in [-0.25, -0.2) is 0 Å². The van der Waals surface area contributed by atoms with Gasteiger partial charge in [-0.1, -0.05) is 6.07 Å². The van der Waals surface area contributed by atoms with Crippen LogP contribution in [0.1, 0.15) is 30.4 Å². The van der Waals surface area contributed by atoms with Crippen molar-refractivity contribution in [1.29, 1.82) is 0 Å². The summed E-state index contributed by atoms with van der Waals surface area (Å²) in [5.41, 5.74) is 5.50. The number of pyridine rings is 1. The quantitative estimate of drug-likeness (QED) is 0.325. The van der Waals surface area contributed by atoms with Crippen molar-refractivity contribution in [3.63, 3.8) is 0 Å². The van der Waals surface area contributed by atoms with Crippen LogP contribution >= 0.6 is 12.2 Å². The van der Waals surface area contributed by atoms with E-state index in [4.69, 9.17) is 17.0 Å². The summed E-state index contributed by atoms with van der Waals surface area (Å²) >= 11 is 5.90. The van der Waals surface area contributed by atoms with Crippen LogP contribution in [-0.4, -0.2) is 41.8 Å². The Morgan fingerprint density at radius 1 is 1.05 bits per heavy atom. The number of nitrogens with zero attached hydrogens (tertiary/aromatic N) is 4. The maximum atomic E-state index is 11.9. The summed E-state index contributed by atoms with van der Waals surface area (Å²) in [6.45, 7) is 1.47. The molecule has 0 saturated carbocycles. The Hall–Kier alpha value is -4.37. The van der Waals surface area contributed by atoms with Crippen molar-refractivity contribution in [2.45, 2.75) is 19.0 Å². The number of carbonyl (C=O) groups is 1. The van der Waals surface area contributed by atoms with Crippen LogP contribution in [0.5, 0.6) is 5.75 Å². The maximum absolute atomic E-state index is 11.9. The molecule has 8 nitrogen and oxygen atoms in total. The average molecular weight is 527 g/mol. The van der Waals surface area contributed by atoms with Gasteiger partial charge in [0.2, 0.25) is 5.91 Å². The maximum Gasteiger partial charge on any atom is 0.221 e. The lowest BCUT2D eigenvalue weighted by Crippen LogP contribution is -2.30. The summed E-state index contributed by atoms with van der Waals surface area (Å²) in [4.78, 5) is 20.7. The first-order chi connectivity index (χ1) is 18.4. The second kappa shape index (κ2) is 10.5. The number of hydrogen-bond donors (Lipinski definition) is 2. The third-order valence-corrected chi connectivity index (χ3v) is 6.91. The number of benzene rings is 2. The van der Waals surface area contributed by atoms with Crippen LogP contribution in [0, 0.1) is 0 Å². The van der Waals surface area contributed by atoms with E-state index < -0.39 is 0 Å². The van der Waals surface area contributed by atoms with Gasteiger partial charge in [-0.2, -0.15) is 0 Å². The Kier molecular flexibility index (Phi) is 7.02. The lowest BCUT2D eigenvalue weighted by atomic mass is 10.0. The Morgan fingerprint density at radius 2 is 1.82 bits per heavy atom. The number of anilines is 3. The summed E-state index contributed by atoms with van der Waals surface area (Å²) < 4.78 is 7.67. The van der Waals surface area contributed by atoms with Crippen molar-refractivity contribution in [2.75, 3.05) is 36.3 Å². The van der Waals surface area contributed by atoms with Crippen molar-refractivity contribution in [3.8, 4) is 11.4 Å². The van der Waals surface area contributed by atoms with E-state index in [-0.39, 0.29) is 18.0 Å². The van der Waals surface area contributed by atoms with Gasteiger partial charge in [0.05, 0.1) is 24.5 Å². The van der Waals surface area contributed by atoms with E-state index in [1.165, 1.54) is 6.92 Å². The molecule has 0 unspecified atom stereocenters. The second-order valence-electron chi connectivity index (χ2n) is 9.28. The molecule has 2 aromatic heterocycles. The Labute approximate surface area is 227 Å². The number of ether oxygens (including phenoxy) is 1. The standard InChI is InChI=1S/C29H30N6O2S/c1-19(36)31-24-18-22(14-15-26(24)37-4)35-28(27(32-29(35)38)23-8-5-6-16-30-23)25-9-7-17-34(25)21-12-10-20(11-13-21)33(2)3/h5-18,27-28H,1-4H3,(H,31,36)(H,32,38)/t27-,28+/m1/s1. The molecule has 0 bridgehead atoms. The summed E-state index contributed by atoms with van der Waals surface area (Å²) in [5, 5.41) is 6.95. The smallest absolute Gasteiger partial charge is 0.221 e. The van der Waals surface area contributed by atoms with Crippen LogP contribution in [0.2, 0.25) is 0 Å². The van der Waals surface area contributed by atoms with Crippen molar-refractivity contribution in [2.24, 2.45) is 0 Å². The highest BCUT2D eigenvalue weighted by Gasteiger charge is 2.42. The number of methoxy groups -OCH3 is 1. The fraction of sp³-hybridized carbons (Fsp3) is 0.207. The number of carbonyl (C=O) groups excluding carboxylic acids is 1. The first-order valence-corrected chi connectivity index (χ1v) is 12.7. The van der Waals surface area contributed by atoms with Crippen molar-refractivity contribution in [3.05, 3.63) is 96.6 Å². The molecule has 1 aliphatic rings. The van der Waals surface area contributed by atoms with Gasteiger partial charge in [-0.3, -0.25) is 9.78 Å². The van der Waals surface area contributed by atoms with Crippen LogP contribution < -0.4 is 25.2 Å².